The second kappa shape index (κ2) is 3.94. The molecule has 1 aromatic carbocycles. The van der Waals surface area contributed by atoms with Gasteiger partial charge in [0.15, 0.2) is 0 Å². The third kappa shape index (κ3) is 1.65. The zero-order valence-electron chi connectivity index (χ0n) is 9.46. The van der Waals surface area contributed by atoms with Gasteiger partial charge in [-0.05, 0) is 25.1 Å². The quantitative estimate of drug-likeness (QED) is 0.634. The lowest BCUT2D eigenvalue weighted by Crippen LogP contribution is -1.95. The minimum Gasteiger partial charge on any atom is -0.256 e. The molecule has 0 saturated carbocycles. The zero-order valence-corrected chi connectivity index (χ0v) is 9.46. The Hall–Kier alpha value is -2.29. The minimum absolute atomic E-state index is 0.902. The summed E-state index contributed by atoms with van der Waals surface area (Å²) in [6.45, 7) is 1.96. The van der Waals surface area contributed by atoms with Crippen LogP contribution in [-0.4, -0.2) is 15.2 Å². The molecule has 3 nitrogen and oxygen atoms in total. The number of hydrogen-bond acceptors (Lipinski definition) is 3. The van der Waals surface area contributed by atoms with Crippen molar-refractivity contribution in [2.24, 2.45) is 0 Å². The van der Waals surface area contributed by atoms with Crippen molar-refractivity contribution in [2.45, 2.75) is 6.92 Å². The van der Waals surface area contributed by atoms with Crippen LogP contribution in [0.1, 0.15) is 5.69 Å². The Balaban J connectivity index is 2.39. The van der Waals surface area contributed by atoms with Crippen LogP contribution in [-0.2, 0) is 0 Å². The van der Waals surface area contributed by atoms with E-state index in [1.165, 1.54) is 0 Å². The van der Waals surface area contributed by atoms with E-state index in [9.17, 15) is 0 Å². The highest BCUT2D eigenvalue weighted by atomic mass is 15.1. The van der Waals surface area contributed by atoms with Crippen molar-refractivity contribution >= 4 is 10.9 Å². The Morgan fingerprint density at radius 1 is 0.882 bits per heavy atom. The van der Waals surface area contributed by atoms with Crippen molar-refractivity contribution in [3.63, 3.8) is 0 Å². The smallest absolute Gasteiger partial charge is 0.0936 e. The molecule has 3 aromatic rings. The number of hydrogen-bond donors (Lipinski definition) is 0. The van der Waals surface area contributed by atoms with Gasteiger partial charge in [-0.25, -0.2) is 0 Å². The maximum absolute atomic E-state index is 4.39. The molecule has 2 heterocycles. The van der Waals surface area contributed by atoms with Gasteiger partial charge in [0.1, 0.15) is 0 Å². The first-order valence-corrected chi connectivity index (χ1v) is 5.50. The molecule has 0 unspecified atom stereocenters. The summed E-state index contributed by atoms with van der Waals surface area (Å²) in [4.78, 5) is 4.39. The molecule has 0 fully saturated rings. The first kappa shape index (κ1) is 9.90. The van der Waals surface area contributed by atoms with Gasteiger partial charge < -0.3 is 0 Å². The largest absolute Gasteiger partial charge is 0.256 e. The number of rotatable bonds is 1. The van der Waals surface area contributed by atoms with E-state index in [4.69, 9.17) is 0 Å². The van der Waals surface area contributed by atoms with E-state index in [2.05, 4.69) is 21.2 Å². The van der Waals surface area contributed by atoms with Crippen molar-refractivity contribution in [2.75, 3.05) is 0 Å². The van der Waals surface area contributed by atoms with Gasteiger partial charge in [0.2, 0.25) is 0 Å². The Kier molecular flexibility index (Phi) is 2.29. The predicted molar refractivity (Wildman–Crippen MR) is 67.5 cm³/mol. The molecule has 0 spiro atoms. The highest BCUT2D eigenvalue weighted by Gasteiger charge is 2.09. The van der Waals surface area contributed by atoms with Crippen molar-refractivity contribution in [3.05, 3.63) is 54.4 Å². The monoisotopic (exact) mass is 221 g/mol. The molecular weight excluding hydrogens is 210 g/mol. The number of fused-ring (bicyclic) bond motifs is 1. The average molecular weight is 221 g/mol. The highest BCUT2D eigenvalue weighted by molar-refractivity contribution is 5.93. The van der Waals surface area contributed by atoms with Crippen LogP contribution in [0.15, 0.2) is 48.7 Å². The third-order valence-electron chi connectivity index (χ3n) is 2.76. The molecule has 0 aliphatic heterocycles. The average Bonchev–Trinajstić information content (AvgIpc) is 2.39. The molecule has 2 aromatic heterocycles. The molecule has 0 saturated heterocycles. The van der Waals surface area contributed by atoms with E-state index in [1.807, 2.05) is 43.3 Å². The summed E-state index contributed by atoms with van der Waals surface area (Å²) in [5.41, 5.74) is 3.81. The molecule has 0 N–H and O–H groups in total. The fraction of sp³-hybridized carbons (Fsp3) is 0.0714. The van der Waals surface area contributed by atoms with Crippen LogP contribution in [0.5, 0.6) is 0 Å². The van der Waals surface area contributed by atoms with Crippen molar-refractivity contribution in [1.82, 2.24) is 15.2 Å². The number of aromatic nitrogens is 3. The summed E-state index contributed by atoms with van der Waals surface area (Å²) in [5.74, 6) is 0. The molecule has 3 heteroatoms. The molecule has 0 amide bonds. The lowest BCUT2D eigenvalue weighted by molar-refractivity contribution is 1.02. The van der Waals surface area contributed by atoms with E-state index in [0.29, 0.717) is 0 Å². The molecule has 3 rings (SSSR count). The second-order valence-corrected chi connectivity index (χ2v) is 3.89. The molecule has 17 heavy (non-hydrogen) atoms. The van der Waals surface area contributed by atoms with E-state index in [1.54, 1.807) is 6.20 Å². The van der Waals surface area contributed by atoms with E-state index < -0.39 is 0 Å². The van der Waals surface area contributed by atoms with Gasteiger partial charge in [0.05, 0.1) is 16.9 Å². The number of benzene rings is 1. The number of aryl methyl sites for hydroxylation is 1. The van der Waals surface area contributed by atoms with Crippen LogP contribution < -0.4 is 0 Å². The van der Waals surface area contributed by atoms with Gasteiger partial charge >= 0.3 is 0 Å². The molecule has 0 atom stereocenters. The van der Waals surface area contributed by atoms with Gasteiger partial charge in [-0.15, -0.1) is 0 Å². The van der Waals surface area contributed by atoms with E-state index in [-0.39, 0.29) is 0 Å². The summed E-state index contributed by atoms with van der Waals surface area (Å²) in [5, 5.41) is 9.48. The van der Waals surface area contributed by atoms with Gasteiger partial charge in [-0.3, -0.25) is 4.98 Å². The summed E-state index contributed by atoms with van der Waals surface area (Å²) < 4.78 is 0. The minimum atomic E-state index is 0.902. The van der Waals surface area contributed by atoms with Crippen LogP contribution in [0.3, 0.4) is 0 Å². The molecule has 0 bridgehead atoms. The van der Waals surface area contributed by atoms with Crippen LogP contribution in [0, 0.1) is 6.92 Å². The van der Waals surface area contributed by atoms with Gasteiger partial charge in [-0.1, -0.05) is 24.3 Å². The SMILES string of the molecule is Cc1nnc2ccccc2c1-c1ccccn1. The highest BCUT2D eigenvalue weighted by Crippen LogP contribution is 2.27. The van der Waals surface area contributed by atoms with Crippen molar-refractivity contribution in [1.29, 1.82) is 0 Å². The number of pyridine rings is 1. The summed E-state index contributed by atoms with van der Waals surface area (Å²) in [7, 11) is 0. The maximum Gasteiger partial charge on any atom is 0.0936 e. The molecule has 0 aliphatic carbocycles. The number of nitrogens with zero attached hydrogens (tertiary/aromatic N) is 3. The Morgan fingerprint density at radius 3 is 2.53 bits per heavy atom. The maximum atomic E-state index is 4.39. The molecule has 0 aliphatic rings. The molecular formula is C14H11N3. The van der Waals surface area contributed by atoms with Crippen LogP contribution >= 0.6 is 0 Å². The van der Waals surface area contributed by atoms with E-state index >= 15 is 0 Å². The van der Waals surface area contributed by atoms with E-state index in [0.717, 1.165) is 27.9 Å². The lowest BCUT2D eigenvalue weighted by Gasteiger charge is -2.07. The fourth-order valence-electron chi connectivity index (χ4n) is 1.98. The third-order valence-corrected chi connectivity index (χ3v) is 2.76. The normalized spacial score (nSPS) is 10.6. The Bertz CT molecular complexity index is 663. The molecule has 82 valence electrons. The van der Waals surface area contributed by atoms with Crippen molar-refractivity contribution < 1.29 is 0 Å². The van der Waals surface area contributed by atoms with Crippen LogP contribution in [0.2, 0.25) is 0 Å². The van der Waals surface area contributed by atoms with Gasteiger partial charge in [0, 0.05) is 17.1 Å². The lowest BCUT2D eigenvalue weighted by atomic mass is 10.0. The van der Waals surface area contributed by atoms with Gasteiger partial charge in [-0.2, -0.15) is 10.2 Å². The Morgan fingerprint density at radius 2 is 1.71 bits per heavy atom. The standard InChI is InChI=1S/C14H11N3/c1-10-14(13-8-4-5-9-15-13)11-6-2-3-7-12(11)17-16-10/h2-9H,1H3. The first-order chi connectivity index (χ1) is 8.36. The summed E-state index contributed by atoms with van der Waals surface area (Å²) >= 11 is 0. The van der Waals surface area contributed by atoms with Gasteiger partial charge in [0.25, 0.3) is 0 Å². The summed E-state index contributed by atoms with van der Waals surface area (Å²) in [6, 6.07) is 13.9. The fourth-order valence-corrected chi connectivity index (χ4v) is 1.98. The topological polar surface area (TPSA) is 38.7 Å². The zero-order chi connectivity index (χ0) is 11.7. The first-order valence-electron chi connectivity index (χ1n) is 5.50. The van der Waals surface area contributed by atoms with Crippen LogP contribution in [0.4, 0.5) is 0 Å². The molecule has 0 radical (unpaired) electrons. The van der Waals surface area contributed by atoms with Crippen LogP contribution in [0.25, 0.3) is 22.2 Å². The second-order valence-electron chi connectivity index (χ2n) is 3.89. The predicted octanol–water partition coefficient (Wildman–Crippen LogP) is 3.00. The Labute approximate surface area is 99.2 Å². The van der Waals surface area contributed by atoms with Crippen molar-refractivity contribution in [3.8, 4) is 11.3 Å². The summed E-state index contributed by atoms with van der Waals surface area (Å²) in [6.07, 6.45) is 1.80.